The maximum atomic E-state index is 13.1. The summed E-state index contributed by atoms with van der Waals surface area (Å²) in [6.45, 7) is 6.54. The van der Waals surface area contributed by atoms with Crippen molar-refractivity contribution in [3.63, 3.8) is 0 Å². The molecule has 1 amide bonds. The summed E-state index contributed by atoms with van der Waals surface area (Å²) in [5, 5.41) is 3.33. The Morgan fingerprint density at radius 1 is 1.31 bits per heavy atom. The van der Waals surface area contributed by atoms with Crippen LogP contribution in [0, 0.1) is 6.92 Å². The summed E-state index contributed by atoms with van der Waals surface area (Å²) >= 11 is 0. The molecule has 4 heterocycles. The summed E-state index contributed by atoms with van der Waals surface area (Å²) < 4.78 is 1.88. The summed E-state index contributed by atoms with van der Waals surface area (Å²) in [5.41, 5.74) is 4.54. The fourth-order valence-electron chi connectivity index (χ4n) is 3.66. The zero-order chi connectivity index (χ0) is 18.1. The van der Waals surface area contributed by atoms with Crippen molar-refractivity contribution in [2.45, 2.75) is 26.3 Å². The lowest BCUT2D eigenvalue weighted by Gasteiger charge is -2.26. The fraction of sp³-hybridized carbons (Fsp3) is 0.350. The number of nitrogens with zero attached hydrogens (tertiary/aromatic N) is 4. The number of nitrogens with one attached hydrogen (secondary N) is 1. The first-order valence-electron chi connectivity index (χ1n) is 9.09. The topological polar surface area (TPSA) is 62.5 Å². The zero-order valence-electron chi connectivity index (χ0n) is 15.1. The van der Waals surface area contributed by atoms with Crippen LogP contribution in [0.25, 0.3) is 16.8 Å². The standard InChI is InChI=1S/C20H23N5O/c1-3-24(17-5-7-21-12-17)20(26)18-13-23-19-11-16(6-9-25(18)19)15-4-8-22-14(2)10-15/h4,6,8-11,13,17,21H,3,5,7,12H2,1-2H3/t17-/m1/s1. The fourth-order valence-corrected chi connectivity index (χ4v) is 3.66. The lowest BCUT2D eigenvalue weighted by atomic mass is 10.1. The number of amides is 1. The van der Waals surface area contributed by atoms with Gasteiger partial charge in [0.25, 0.3) is 5.91 Å². The van der Waals surface area contributed by atoms with Crippen LogP contribution in [0.3, 0.4) is 0 Å². The predicted octanol–water partition coefficient (Wildman–Crippen LogP) is 2.53. The van der Waals surface area contributed by atoms with Gasteiger partial charge in [-0.15, -0.1) is 0 Å². The number of rotatable bonds is 4. The van der Waals surface area contributed by atoms with Crippen LogP contribution in [0.2, 0.25) is 0 Å². The molecule has 0 unspecified atom stereocenters. The van der Waals surface area contributed by atoms with E-state index in [-0.39, 0.29) is 11.9 Å². The van der Waals surface area contributed by atoms with Gasteiger partial charge in [-0.1, -0.05) is 0 Å². The van der Waals surface area contributed by atoms with E-state index >= 15 is 0 Å². The number of aryl methyl sites for hydroxylation is 1. The highest BCUT2D eigenvalue weighted by Crippen LogP contribution is 2.22. The van der Waals surface area contributed by atoms with E-state index < -0.39 is 0 Å². The number of hydrogen-bond acceptors (Lipinski definition) is 4. The number of carbonyl (C=O) groups excluding carboxylic acids is 1. The maximum Gasteiger partial charge on any atom is 0.272 e. The van der Waals surface area contributed by atoms with Crippen molar-refractivity contribution in [3.8, 4) is 11.1 Å². The molecule has 1 aliphatic rings. The zero-order valence-corrected chi connectivity index (χ0v) is 15.1. The van der Waals surface area contributed by atoms with Gasteiger partial charge in [-0.25, -0.2) is 4.98 Å². The molecule has 3 aromatic rings. The Labute approximate surface area is 152 Å². The second kappa shape index (κ2) is 6.88. The molecule has 1 saturated heterocycles. The predicted molar refractivity (Wildman–Crippen MR) is 101 cm³/mol. The molecule has 1 fully saturated rings. The van der Waals surface area contributed by atoms with Crippen LogP contribution in [-0.4, -0.2) is 50.9 Å². The van der Waals surface area contributed by atoms with Crippen LogP contribution < -0.4 is 5.32 Å². The molecule has 3 aromatic heterocycles. The van der Waals surface area contributed by atoms with E-state index in [2.05, 4.69) is 15.3 Å². The van der Waals surface area contributed by atoms with E-state index in [4.69, 9.17) is 0 Å². The molecule has 0 spiro atoms. The number of imidazole rings is 1. The Kier molecular flexibility index (Phi) is 4.42. The molecule has 1 atom stereocenters. The summed E-state index contributed by atoms with van der Waals surface area (Å²) in [6, 6.07) is 8.33. The summed E-state index contributed by atoms with van der Waals surface area (Å²) in [5.74, 6) is 0.0428. The molecule has 26 heavy (non-hydrogen) atoms. The third-order valence-corrected chi connectivity index (χ3v) is 5.04. The Morgan fingerprint density at radius 2 is 2.15 bits per heavy atom. The van der Waals surface area contributed by atoms with Crippen molar-refractivity contribution in [2.24, 2.45) is 0 Å². The number of likely N-dealkylation sites (N-methyl/N-ethyl adjacent to an activating group) is 1. The normalized spacial score (nSPS) is 16.9. The van der Waals surface area contributed by atoms with E-state index in [0.29, 0.717) is 12.2 Å². The number of fused-ring (bicyclic) bond motifs is 1. The van der Waals surface area contributed by atoms with E-state index in [1.165, 1.54) is 0 Å². The monoisotopic (exact) mass is 349 g/mol. The highest BCUT2D eigenvalue weighted by atomic mass is 16.2. The van der Waals surface area contributed by atoms with Gasteiger partial charge in [0.2, 0.25) is 0 Å². The van der Waals surface area contributed by atoms with Crippen molar-refractivity contribution in [2.75, 3.05) is 19.6 Å². The summed E-state index contributed by atoms with van der Waals surface area (Å²) in [7, 11) is 0. The third kappa shape index (κ3) is 2.97. The molecular weight excluding hydrogens is 326 g/mol. The molecule has 4 rings (SSSR count). The highest BCUT2D eigenvalue weighted by molar-refractivity contribution is 5.93. The van der Waals surface area contributed by atoms with Gasteiger partial charge in [-0.05, 0) is 62.2 Å². The van der Waals surface area contributed by atoms with Crippen molar-refractivity contribution in [1.29, 1.82) is 0 Å². The average molecular weight is 349 g/mol. The molecular formula is C20H23N5O. The number of pyridine rings is 2. The van der Waals surface area contributed by atoms with E-state index in [1.54, 1.807) is 6.20 Å². The van der Waals surface area contributed by atoms with Crippen LogP contribution in [0.15, 0.2) is 42.9 Å². The molecule has 0 aromatic carbocycles. The van der Waals surface area contributed by atoms with Gasteiger partial charge in [0.15, 0.2) is 0 Å². The molecule has 0 radical (unpaired) electrons. The Hall–Kier alpha value is -2.73. The van der Waals surface area contributed by atoms with Gasteiger partial charge in [-0.2, -0.15) is 0 Å². The summed E-state index contributed by atoms with van der Waals surface area (Å²) in [6.07, 6.45) is 6.43. The number of carbonyl (C=O) groups is 1. The third-order valence-electron chi connectivity index (χ3n) is 5.04. The first-order valence-corrected chi connectivity index (χ1v) is 9.09. The Bertz CT molecular complexity index is 942. The largest absolute Gasteiger partial charge is 0.333 e. The molecule has 134 valence electrons. The highest BCUT2D eigenvalue weighted by Gasteiger charge is 2.27. The molecule has 1 aliphatic heterocycles. The second-order valence-electron chi connectivity index (χ2n) is 6.71. The Morgan fingerprint density at radius 3 is 2.88 bits per heavy atom. The quantitative estimate of drug-likeness (QED) is 0.786. The van der Waals surface area contributed by atoms with E-state index in [9.17, 15) is 4.79 Å². The van der Waals surface area contributed by atoms with Gasteiger partial charge in [0.05, 0.1) is 6.20 Å². The van der Waals surface area contributed by atoms with Crippen molar-refractivity contribution < 1.29 is 4.79 Å². The molecule has 6 nitrogen and oxygen atoms in total. The number of aromatic nitrogens is 3. The van der Waals surface area contributed by atoms with Gasteiger partial charge in [-0.3, -0.25) is 14.2 Å². The van der Waals surface area contributed by atoms with Gasteiger partial charge in [0, 0.05) is 37.2 Å². The van der Waals surface area contributed by atoms with Crippen LogP contribution in [0.5, 0.6) is 0 Å². The minimum atomic E-state index is 0.0428. The smallest absolute Gasteiger partial charge is 0.272 e. The van der Waals surface area contributed by atoms with Crippen molar-refractivity contribution in [1.82, 2.24) is 24.6 Å². The van der Waals surface area contributed by atoms with Crippen LogP contribution >= 0.6 is 0 Å². The van der Waals surface area contributed by atoms with E-state index in [1.807, 2.05) is 59.8 Å². The Balaban J connectivity index is 1.68. The number of hydrogen-bond donors (Lipinski definition) is 1. The lowest BCUT2D eigenvalue weighted by molar-refractivity contribution is 0.0696. The van der Waals surface area contributed by atoms with Crippen LogP contribution in [-0.2, 0) is 0 Å². The van der Waals surface area contributed by atoms with Gasteiger partial charge >= 0.3 is 0 Å². The van der Waals surface area contributed by atoms with Crippen LogP contribution in [0.4, 0.5) is 0 Å². The minimum absolute atomic E-state index is 0.0428. The van der Waals surface area contributed by atoms with Crippen molar-refractivity contribution >= 4 is 11.6 Å². The molecule has 6 heteroatoms. The minimum Gasteiger partial charge on any atom is -0.333 e. The molecule has 0 bridgehead atoms. The summed E-state index contributed by atoms with van der Waals surface area (Å²) in [4.78, 5) is 23.7. The average Bonchev–Trinajstić information content (AvgIpc) is 3.31. The molecule has 0 saturated carbocycles. The van der Waals surface area contributed by atoms with Crippen LogP contribution in [0.1, 0.15) is 29.5 Å². The SMILES string of the molecule is CCN(C(=O)c1cnc2cc(-c3ccnc(C)c3)ccn12)[C@@H]1CCNC1. The van der Waals surface area contributed by atoms with Crippen molar-refractivity contribution in [3.05, 3.63) is 54.2 Å². The van der Waals surface area contributed by atoms with Gasteiger partial charge < -0.3 is 10.2 Å². The lowest BCUT2D eigenvalue weighted by Crippen LogP contribution is -2.41. The molecule has 1 N–H and O–H groups in total. The maximum absolute atomic E-state index is 13.1. The first-order chi connectivity index (χ1) is 12.7. The second-order valence-corrected chi connectivity index (χ2v) is 6.71. The molecule has 0 aliphatic carbocycles. The first kappa shape index (κ1) is 16.7. The van der Waals surface area contributed by atoms with Gasteiger partial charge in [0.1, 0.15) is 11.3 Å². The van der Waals surface area contributed by atoms with E-state index in [0.717, 1.165) is 42.0 Å².